The van der Waals surface area contributed by atoms with Crippen molar-refractivity contribution in [3.05, 3.63) is 42.9 Å². The number of fused-ring (bicyclic) bond motifs is 1. The molecule has 1 unspecified atom stereocenters. The highest BCUT2D eigenvalue weighted by atomic mass is 35.5. The molecule has 1 atom stereocenters. The van der Waals surface area contributed by atoms with Crippen LogP contribution in [0.4, 0.5) is 0 Å². The van der Waals surface area contributed by atoms with Gasteiger partial charge in [0, 0.05) is 29.9 Å². The summed E-state index contributed by atoms with van der Waals surface area (Å²) in [5.74, 6) is 0.366. The van der Waals surface area contributed by atoms with E-state index in [0.717, 1.165) is 41.4 Å². The summed E-state index contributed by atoms with van der Waals surface area (Å²) in [5.41, 5.74) is 1.91. The lowest BCUT2D eigenvalue weighted by Crippen LogP contribution is -2.01. The Balaban J connectivity index is 1.58. The Kier molecular flexibility index (Phi) is 3.31. The fraction of sp³-hybridized carbons (Fsp3) is 0.312. The second kappa shape index (κ2) is 5.21. The molecular formula is C16H14Cl2N4. The Morgan fingerprint density at radius 3 is 2.95 bits per heavy atom. The molecule has 6 heteroatoms. The predicted molar refractivity (Wildman–Crippen MR) is 87.9 cm³/mol. The van der Waals surface area contributed by atoms with E-state index < -0.39 is 4.33 Å². The molecule has 112 valence electrons. The van der Waals surface area contributed by atoms with Gasteiger partial charge in [0.25, 0.3) is 0 Å². The van der Waals surface area contributed by atoms with Crippen LogP contribution in [0.2, 0.25) is 0 Å². The van der Waals surface area contributed by atoms with E-state index in [1.54, 1.807) is 6.20 Å². The maximum atomic E-state index is 6.05. The van der Waals surface area contributed by atoms with Gasteiger partial charge in [-0.2, -0.15) is 0 Å². The minimum Gasteiger partial charge on any atom is -0.264 e. The zero-order chi connectivity index (χ0) is 15.2. The van der Waals surface area contributed by atoms with Gasteiger partial charge < -0.3 is 0 Å². The molecule has 0 radical (unpaired) electrons. The summed E-state index contributed by atoms with van der Waals surface area (Å²) in [7, 11) is 0. The minimum absolute atomic E-state index is 0.366. The van der Waals surface area contributed by atoms with Crippen LogP contribution in [0, 0.1) is 5.92 Å². The van der Waals surface area contributed by atoms with Crippen molar-refractivity contribution in [1.29, 1.82) is 0 Å². The van der Waals surface area contributed by atoms with Gasteiger partial charge in [0.15, 0.2) is 0 Å². The number of rotatable bonds is 4. The molecule has 1 aliphatic carbocycles. The first-order chi connectivity index (χ1) is 10.6. The molecule has 1 aromatic carbocycles. The van der Waals surface area contributed by atoms with Crippen LogP contribution in [0.15, 0.2) is 42.9 Å². The summed E-state index contributed by atoms with van der Waals surface area (Å²) in [6, 6.07) is 8.13. The molecule has 3 aromatic rings. The van der Waals surface area contributed by atoms with Gasteiger partial charge in [0.2, 0.25) is 0 Å². The molecule has 2 heterocycles. The molecule has 0 amide bonds. The lowest BCUT2D eigenvalue weighted by molar-refractivity contribution is 0.529. The molecular weight excluding hydrogens is 319 g/mol. The molecule has 1 fully saturated rings. The number of hydrogen-bond donors (Lipinski definition) is 0. The van der Waals surface area contributed by atoms with Crippen molar-refractivity contribution >= 4 is 34.0 Å². The smallest absolute Gasteiger partial charge is 0.121 e. The van der Waals surface area contributed by atoms with E-state index in [9.17, 15) is 0 Å². The fourth-order valence-electron chi connectivity index (χ4n) is 2.74. The number of nitrogens with zero attached hydrogens (tertiary/aromatic N) is 4. The second-order valence-corrected chi connectivity index (χ2v) is 7.26. The normalized spacial score (nSPS) is 19.5. The van der Waals surface area contributed by atoms with Crippen LogP contribution in [0.3, 0.4) is 0 Å². The molecule has 2 aromatic heterocycles. The Morgan fingerprint density at radius 2 is 2.14 bits per heavy atom. The fourth-order valence-corrected chi connectivity index (χ4v) is 3.33. The topological polar surface area (TPSA) is 43.6 Å². The molecule has 0 spiro atoms. The molecule has 0 bridgehead atoms. The van der Waals surface area contributed by atoms with Crippen molar-refractivity contribution in [3.63, 3.8) is 0 Å². The SMILES string of the molecule is ClC1(Cl)CC1CCn1cc(-c2cccc3ccncc23)nn1. The molecule has 4 rings (SSSR count). The third kappa shape index (κ3) is 2.57. The highest BCUT2D eigenvalue weighted by Crippen LogP contribution is 2.55. The Labute approximate surface area is 138 Å². The van der Waals surface area contributed by atoms with Crippen molar-refractivity contribution in [3.8, 4) is 11.3 Å². The Morgan fingerprint density at radius 1 is 1.27 bits per heavy atom. The Bertz CT molecular complexity index is 822. The molecule has 0 aliphatic heterocycles. The van der Waals surface area contributed by atoms with E-state index in [2.05, 4.69) is 21.4 Å². The van der Waals surface area contributed by atoms with Gasteiger partial charge in [0.1, 0.15) is 10.0 Å². The monoisotopic (exact) mass is 332 g/mol. The van der Waals surface area contributed by atoms with Crippen LogP contribution in [-0.4, -0.2) is 24.3 Å². The highest BCUT2D eigenvalue weighted by Gasteiger charge is 2.50. The van der Waals surface area contributed by atoms with E-state index in [-0.39, 0.29) is 0 Å². The predicted octanol–water partition coefficient (Wildman–Crippen LogP) is 4.08. The third-order valence-electron chi connectivity index (χ3n) is 4.16. The first kappa shape index (κ1) is 14.0. The van der Waals surface area contributed by atoms with Gasteiger partial charge >= 0.3 is 0 Å². The summed E-state index contributed by atoms with van der Waals surface area (Å²) in [4.78, 5) is 4.21. The largest absolute Gasteiger partial charge is 0.264 e. The summed E-state index contributed by atoms with van der Waals surface area (Å²) < 4.78 is 1.33. The quantitative estimate of drug-likeness (QED) is 0.676. The number of pyridine rings is 1. The second-order valence-electron chi connectivity index (χ2n) is 5.72. The number of aromatic nitrogens is 4. The highest BCUT2D eigenvalue weighted by molar-refractivity contribution is 6.50. The zero-order valence-corrected chi connectivity index (χ0v) is 13.3. The van der Waals surface area contributed by atoms with Gasteiger partial charge in [-0.05, 0) is 30.2 Å². The summed E-state index contributed by atoms with van der Waals surface area (Å²) >= 11 is 12.1. The van der Waals surface area contributed by atoms with E-state index >= 15 is 0 Å². The number of aryl methyl sites for hydroxylation is 1. The van der Waals surface area contributed by atoms with Crippen LogP contribution >= 0.6 is 23.2 Å². The lowest BCUT2D eigenvalue weighted by Gasteiger charge is -2.02. The van der Waals surface area contributed by atoms with Crippen LogP contribution < -0.4 is 0 Å². The first-order valence-corrected chi connectivity index (χ1v) is 8.00. The van der Waals surface area contributed by atoms with Gasteiger partial charge in [-0.15, -0.1) is 28.3 Å². The number of benzene rings is 1. The zero-order valence-electron chi connectivity index (χ0n) is 11.8. The van der Waals surface area contributed by atoms with Crippen molar-refractivity contribution in [2.75, 3.05) is 0 Å². The molecule has 1 saturated carbocycles. The summed E-state index contributed by atoms with van der Waals surface area (Å²) in [5, 5.41) is 10.7. The van der Waals surface area contributed by atoms with Crippen LogP contribution in [0.5, 0.6) is 0 Å². The van der Waals surface area contributed by atoms with E-state index in [4.69, 9.17) is 23.2 Å². The standard InChI is InChI=1S/C16H14Cl2N4/c17-16(18)8-12(16)5-7-22-10-15(20-21-22)13-3-1-2-11-4-6-19-9-14(11)13/h1-4,6,9-10,12H,5,7-8H2. The first-order valence-electron chi connectivity index (χ1n) is 7.24. The van der Waals surface area contributed by atoms with Gasteiger partial charge in [-0.1, -0.05) is 23.4 Å². The number of alkyl halides is 2. The van der Waals surface area contributed by atoms with E-state index in [0.29, 0.717) is 5.92 Å². The van der Waals surface area contributed by atoms with Crippen molar-refractivity contribution in [1.82, 2.24) is 20.0 Å². The maximum Gasteiger partial charge on any atom is 0.121 e. The van der Waals surface area contributed by atoms with Crippen molar-refractivity contribution in [2.24, 2.45) is 5.92 Å². The molecule has 4 nitrogen and oxygen atoms in total. The lowest BCUT2D eigenvalue weighted by atomic mass is 10.1. The molecule has 0 N–H and O–H groups in total. The van der Waals surface area contributed by atoms with Crippen molar-refractivity contribution < 1.29 is 0 Å². The van der Waals surface area contributed by atoms with Crippen LogP contribution in [0.1, 0.15) is 12.8 Å². The molecule has 22 heavy (non-hydrogen) atoms. The average molecular weight is 333 g/mol. The van der Waals surface area contributed by atoms with E-state index in [1.165, 1.54) is 0 Å². The molecule has 1 aliphatic rings. The number of hydrogen-bond acceptors (Lipinski definition) is 3. The maximum absolute atomic E-state index is 6.05. The molecule has 0 saturated heterocycles. The number of halogens is 2. The van der Waals surface area contributed by atoms with Crippen LogP contribution in [0.25, 0.3) is 22.0 Å². The van der Waals surface area contributed by atoms with Gasteiger partial charge in [-0.25, -0.2) is 0 Å². The van der Waals surface area contributed by atoms with Gasteiger partial charge in [-0.3, -0.25) is 9.67 Å². The summed E-state index contributed by atoms with van der Waals surface area (Å²) in [6.45, 7) is 0.780. The average Bonchev–Trinajstić information content (AvgIpc) is 2.94. The summed E-state index contributed by atoms with van der Waals surface area (Å²) in [6.07, 6.45) is 7.42. The van der Waals surface area contributed by atoms with Gasteiger partial charge in [0.05, 0.1) is 6.20 Å². The Hall–Kier alpha value is -1.65. The van der Waals surface area contributed by atoms with Crippen molar-refractivity contribution in [2.45, 2.75) is 23.7 Å². The minimum atomic E-state index is -0.523. The van der Waals surface area contributed by atoms with Crippen LogP contribution in [-0.2, 0) is 6.54 Å². The third-order valence-corrected chi connectivity index (χ3v) is 5.09. The van der Waals surface area contributed by atoms with E-state index in [1.807, 2.05) is 35.3 Å².